The first-order valence-corrected chi connectivity index (χ1v) is 5.56. The molecule has 0 aromatic heterocycles. The summed E-state index contributed by atoms with van der Waals surface area (Å²) in [5, 5.41) is 9.47. The zero-order chi connectivity index (χ0) is 12.5. The third-order valence-corrected chi connectivity index (χ3v) is 2.79. The summed E-state index contributed by atoms with van der Waals surface area (Å²) in [5.41, 5.74) is 2.01. The molecule has 0 saturated heterocycles. The van der Waals surface area contributed by atoms with Gasteiger partial charge in [-0.2, -0.15) is 0 Å². The van der Waals surface area contributed by atoms with Crippen LogP contribution in [0.25, 0.3) is 11.6 Å². The van der Waals surface area contributed by atoms with E-state index in [-0.39, 0.29) is 11.7 Å². The maximum atomic E-state index is 11.8. The summed E-state index contributed by atoms with van der Waals surface area (Å²) < 4.78 is 5.13. The van der Waals surface area contributed by atoms with E-state index in [1.54, 1.807) is 12.1 Å². The van der Waals surface area contributed by atoms with Crippen LogP contribution < -0.4 is 4.74 Å². The Bertz CT molecular complexity index is 642. The Morgan fingerprint density at radius 2 is 1.83 bits per heavy atom. The highest BCUT2D eigenvalue weighted by Crippen LogP contribution is 2.37. The molecule has 3 heteroatoms. The number of hydrogen-bond acceptors (Lipinski definition) is 3. The molecule has 1 aliphatic rings. The summed E-state index contributed by atoms with van der Waals surface area (Å²) in [6.45, 7) is 0. The molecule has 1 aliphatic heterocycles. The minimum Gasteiger partial charge on any atom is -0.508 e. The predicted molar refractivity (Wildman–Crippen MR) is 68.1 cm³/mol. The number of hydrogen-bond donors (Lipinski definition) is 1. The lowest BCUT2D eigenvalue weighted by atomic mass is 10.0. The number of benzene rings is 2. The van der Waals surface area contributed by atoms with Crippen molar-refractivity contribution < 1.29 is 14.6 Å². The van der Waals surface area contributed by atoms with E-state index in [4.69, 9.17) is 4.74 Å². The average Bonchev–Trinajstić information content (AvgIpc) is 2.67. The number of aromatic hydroxyl groups is 1. The van der Waals surface area contributed by atoms with Gasteiger partial charge in [-0.3, -0.25) is 0 Å². The van der Waals surface area contributed by atoms with Crippen molar-refractivity contribution in [2.24, 2.45) is 0 Å². The molecule has 3 nitrogen and oxygen atoms in total. The minimum atomic E-state index is -0.389. The van der Waals surface area contributed by atoms with Gasteiger partial charge in [0.25, 0.3) is 0 Å². The van der Waals surface area contributed by atoms with Crippen LogP contribution in [0.1, 0.15) is 11.1 Å². The number of phenols is 1. The van der Waals surface area contributed by atoms with E-state index < -0.39 is 0 Å². The molecule has 0 unspecified atom stereocenters. The Labute approximate surface area is 104 Å². The molecule has 0 radical (unpaired) electrons. The molecule has 0 spiro atoms. The van der Waals surface area contributed by atoms with Crippen LogP contribution in [0.5, 0.6) is 11.5 Å². The average molecular weight is 238 g/mol. The molecule has 0 saturated carbocycles. The molecular weight excluding hydrogens is 228 g/mol. The van der Waals surface area contributed by atoms with Crippen molar-refractivity contribution in [3.05, 3.63) is 59.7 Å². The lowest BCUT2D eigenvalue weighted by Crippen LogP contribution is -2.00. The molecule has 0 bridgehead atoms. The highest BCUT2D eigenvalue weighted by molar-refractivity contribution is 6.26. The molecule has 0 amide bonds. The van der Waals surface area contributed by atoms with Gasteiger partial charge in [-0.15, -0.1) is 0 Å². The van der Waals surface area contributed by atoms with Crippen molar-refractivity contribution in [2.45, 2.75) is 0 Å². The van der Waals surface area contributed by atoms with Crippen molar-refractivity contribution in [2.75, 3.05) is 0 Å². The van der Waals surface area contributed by atoms with Crippen molar-refractivity contribution in [1.82, 2.24) is 0 Å². The van der Waals surface area contributed by atoms with Gasteiger partial charge < -0.3 is 9.84 Å². The normalized spacial score (nSPS) is 15.6. The van der Waals surface area contributed by atoms with Crippen LogP contribution in [0, 0.1) is 0 Å². The molecule has 2 aromatic carbocycles. The first-order chi connectivity index (χ1) is 8.74. The molecule has 3 rings (SSSR count). The lowest BCUT2D eigenvalue weighted by molar-refractivity contribution is -0.126. The van der Waals surface area contributed by atoms with E-state index in [1.165, 1.54) is 12.1 Å². The molecule has 1 N–H and O–H groups in total. The van der Waals surface area contributed by atoms with Gasteiger partial charge >= 0.3 is 5.97 Å². The van der Waals surface area contributed by atoms with Gasteiger partial charge in [0, 0.05) is 5.56 Å². The second-order valence-electron chi connectivity index (χ2n) is 4.04. The number of fused-ring (bicyclic) bond motifs is 1. The fourth-order valence-corrected chi connectivity index (χ4v) is 1.93. The van der Waals surface area contributed by atoms with Crippen LogP contribution in [0.4, 0.5) is 0 Å². The van der Waals surface area contributed by atoms with Gasteiger partial charge in [0.15, 0.2) is 0 Å². The molecule has 0 aliphatic carbocycles. The van der Waals surface area contributed by atoms with Crippen LogP contribution in [-0.2, 0) is 4.79 Å². The topological polar surface area (TPSA) is 46.5 Å². The Morgan fingerprint density at radius 1 is 1.06 bits per heavy atom. The van der Waals surface area contributed by atoms with E-state index in [9.17, 15) is 9.90 Å². The number of carbonyl (C=O) groups is 1. The molecule has 88 valence electrons. The minimum absolute atomic E-state index is 0.117. The molecular formula is C15H10O3. The SMILES string of the molecule is O=C1Oc2ccc(O)cc2/C1=C\c1ccccc1. The molecule has 2 aromatic rings. The Kier molecular flexibility index (Phi) is 2.38. The summed E-state index contributed by atoms with van der Waals surface area (Å²) in [5.74, 6) is 0.213. The van der Waals surface area contributed by atoms with E-state index in [0.29, 0.717) is 16.9 Å². The van der Waals surface area contributed by atoms with Crippen LogP contribution in [0.15, 0.2) is 48.5 Å². The van der Waals surface area contributed by atoms with E-state index in [1.807, 2.05) is 30.3 Å². The number of phenolic OH excluding ortho intramolecular Hbond substituents is 1. The second-order valence-corrected chi connectivity index (χ2v) is 4.04. The van der Waals surface area contributed by atoms with E-state index in [0.717, 1.165) is 5.56 Å². The van der Waals surface area contributed by atoms with Gasteiger partial charge in [0.2, 0.25) is 0 Å². The van der Waals surface area contributed by atoms with Crippen LogP contribution in [0.3, 0.4) is 0 Å². The summed E-state index contributed by atoms with van der Waals surface area (Å²) >= 11 is 0. The zero-order valence-electron chi connectivity index (χ0n) is 9.46. The van der Waals surface area contributed by atoms with Crippen molar-refractivity contribution in [3.63, 3.8) is 0 Å². The highest BCUT2D eigenvalue weighted by Gasteiger charge is 2.26. The van der Waals surface area contributed by atoms with Gasteiger partial charge in [-0.05, 0) is 29.8 Å². The van der Waals surface area contributed by atoms with Gasteiger partial charge in [-0.1, -0.05) is 30.3 Å². The quantitative estimate of drug-likeness (QED) is 0.472. The summed E-state index contributed by atoms with van der Waals surface area (Å²) in [7, 11) is 0. The monoisotopic (exact) mass is 238 g/mol. The molecule has 0 atom stereocenters. The third-order valence-electron chi connectivity index (χ3n) is 2.79. The first kappa shape index (κ1) is 10.6. The fourth-order valence-electron chi connectivity index (χ4n) is 1.93. The van der Waals surface area contributed by atoms with Crippen molar-refractivity contribution in [1.29, 1.82) is 0 Å². The smallest absolute Gasteiger partial charge is 0.344 e. The van der Waals surface area contributed by atoms with Crippen molar-refractivity contribution in [3.8, 4) is 11.5 Å². The number of carbonyl (C=O) groups excluding carboxylic acids is 1. The van der Waals surface area contributed by atoms with Crippen LogP contribution >= 0.6 is 0 Å². The maximum Gasteiger partial charge on any atom is 0.344 e. The number of ether oxygens (including phenoxy) is 1. The number of esters is 1. The van der Waals surface area contributed by atoms with Crippen molar-refractivity contribution >= 4 is 17.6 Å². The molecule has 0 fully saturated rings. The van der Waals surface area contributed by atoms with Gasteiger partial charge in [0.1, 0.15) is 11.5 Å². The van der Waals surface area contributed by atoms with E-state index >= 15 is 0 Å². The summed E-state index contributed by atoms with van der Waals surface area (Å²) in [4.78, 5) is 11.8. The highest BCUT2D eigenvalue weighted by atomic mass is 16.5. The van der Waals surface area contributed by atoms with E-state index in [2.05, 4.69) is 0 Å². The lowest BCUT2D eigenvalue weighted by Gasteiger charge is -1.97. The largest absolute Gasteiger partial charge is 0.508 e. The Balaban J connectivity index is 2.12. The maximum absolute atomic E-state index is 11.8. The summed E-state index contributed by atoms with van der Waals surface area (Å²) in [6.07, 6.45) is 1.76. The predicted octanol–water partition coefficient (Wildman–Crippen LogP) is 2.85. The Morgan fingerprint density at radius 3 is 2.61 bits per heavy atom. The fraction of sp³-hybridized carbons (Fsp3) is 0. The Hall–Kier alpha value is -2.55. The zero-order valence-corrected chi connectivity index (χ0v) is 9.46. The first-order valence-electron chi connectivity index (χ1n) is 5.56. The molecule has 1 heterocycles. The molecule has 18 heavy (non-hydrogen) atoms. The summed E-state index contributed by atoms with van der Waals surface area (Å²) in [6, 6.07) is 14.1. The number of rotatable bonds is 1. The van der Waals surface area contributed by atoms with Gasteiger partial charge in [-0.25, -0.2) is 4.79 Å². The van der Waals surface area contributed by atoms with Gasteiger partial charge in [0.05, 0.1) is 5.57 Å². The van der Waals surface area contributed by atoms with Crippen LogP contribution in [-0.4, -0.2) is 11.1 Å². The standard InChI is InChI=1S/C15H10O3/c16-11-6-7-14-12(9-11)13(15(17)18-14)8-10-4-2-1-3-5-10/h1-9,16H/b13-8+. The van der Waals surface area contributed by atoms with Crippen LogP contribution in [0.2, 0.25) is 0 Å². The second kappa shape index (κ2) is 4.04. The third kappa shape index (κ3) is 1.76.